The smallest absolute Gasteiger partial charge is 0.341 e. The first-order chi connectivity index (χ1) is 7.63. The van der Waals surface area contributed by atoms with Gasteiger partial charge in [-0.15, -0.1) is 0 Å². The van der Waals surface area contributed by atoms with Gasteiger partial charge in [-0.3, -0.25) is 0 Å². The van der Waals surface area contributed by atoms with Gasteiger partial charge in [-0.2, -0.15) is 0 Å². The van der Waals surface area contributed by atoms with E-state index in [0.29, 0.717) is 11.4 Å². The highest BCUT2D eigenvalue weighted by atomic mass is 16.5. The van der Waals surface area contributed by atoms with Crippen LogP contribution >= 0.6 is 0 Å². The number of ether oxygens (including phenoxy) is 1. The summed E-state index contributed by atoms with van der Waals surface area (Å²) in [6, 6.07) is 6.19. The normalized spacial score (nSPS) is 9.31. The Morgan fingerprint density at radius 3 is 2.69 bits per heavy atom. The Kier molecular flexibility index (Phi) is 4.14. The van der Waals surface area contributed by atoms with Gasteiger partial charge in [-0.1, -0.05) is 12.1 Å². The van der Waals surface area contributed by atoms with Gasteiger partial charge in [0.15, 0.2) is 6.61 Å². The summed E-state index contributed by atoms with van der Waals surface area (Å²) in [7, 11) is 1.48. The van der Waals surface area contributed by atoms with E-state index in [4.69, 9.17) is 9.84 Å². The van der Waals surface area contributed by atoms with Crippen molar-refractivity contribution in [3.05, 3.63) is 24.3 Å². The molecule has 6 heteroatoms. The number of amides is 2. The molecule has 1 rings (SSSR count). The van der Waals surface area contributed by atoms with Crippen molar-refractivity contribution in [2.24, 2.45) is 0 Å². The summed E-state index contributed by atoms with van der Waals surface area (Å²) < 4.78 is 5.00. The predicted octanol–water partition coefficient (Wildman–Crippen LogP) is 0.901. The molecule has 2 amide bonds. The van der Waals surface area contributed by atoms with Crippen molar-refractivity contribution in [1.29, 1.82) is 0 Å². The number of aliphatic carboxylic acids is 1. The number of urea groups is 1. The second-order valence-corrected chi connectivity index (χ2v) is 2.88. The molecule has 0 fully saturated rings. The van der Waals surface area contributed by atoms with Crippen LogP contribution in [0.1, 0.15) is 0 Å². The standard InChI is InChI=1S/C10H12N2O4/c1-11-10(15)12-7-4-2-3-5-8(7)16-6-9(13)14/h2-5H,6H2,1H3,(H,13,14)(H2,11,12,15). The van der Waals surface area contributed by atoms with Crippen LogP contribution in [-0.2, 0) is 4.79 Å². The van der Waals surface area contributed by atoms with E-state index in [9.17, 15) is 9.59 Å². The van der Waals surface area contributed by atoms with Crippen LogP contribution in [0, 0.1) is 0 Å². The molecule has 1 aromatic carbocycles. The number of carboxylic acids is 1. The van der Waals surface area contributed by atoms with E-state index in [1.54, 1.807) is 24.3 Å². The summed E-state index contributed by atoms with van der Waals surface area (Å²) in [6.45, 7) is -0.452. The van der Waals surface area contributed by atoms with Gasteiger partial charge in [-0.05, 0) is 12.1 Å². The van der Waals surface area contributed by atoms with Crippen LogP contribution in [0.15, 0.2) is 24.3 Å². The van der Waals surface area contributed by atoms with Crippen molar-refractivity contribution in [2.45, 2.75) is 0 Å². The zero-order chi connectivity index (χ0) is 12.0. The molecule has 0 saturated heterocycles. The van der Waals surface area contributed by atoms with E-state index >= 15 is 0 Å². The average Bonchev–Trinajstić information content (AvgIpc) is 2.27. The highest BCUT2D eigenvalue weighted by molar-refractivity contribution is 5.90. The number of anilines is 1. The van der Waals surface area contributed by atoms with Crippen LogP contribution in [0.3, 0.4) is 0 Å². The Labute approximate surface area is 92.2 Å². The van der Waals surface area contributed by atoms with E-state index in [1.165, 1.54) is 7.05 Å². The zero-order valence-electron chi connectivity index (χ0n) is 8.69. The molecule has 0 radical (unpaired) electrons. The number of hydrogen-bond donors (Lipinski definition) is 3. The van der Waals surface area contributed by atoms with Crippen molar-refractivity contribution >= 4 is 17.7 Å². The fraction of sp³-hybridized carbons (Fsp3) is 0.200. The molecule has 1 aromatic rings. The molecule has 0 saturated carbocycles. The van der Waals surface area contributed by atoms with Crippen molar-refractivity contribution in [3.8, 4) is 5.75 Å². The summed E-state index contributed by atoms with van der Waals surface area (Å²) in [5.74, 6) is -0.761. The third-order valence-electron chi connectivity index (χ3n) is 1.71. The summed E-state index contributed by atoms with van der Waals surface area (Å²) in [4.78, 5) is 21.4. The Morgan fingerprint density at radius 2 is 2.06 bits per heavy atom. The minimum atomic E-state index is -1.07. The lowest BCUT2D eigenvalue weighted by Gasteiger charge is -2.10. The van der Waals surface area contributed by atoms with E-state index in [1.807, 2.05) is 0 Å². The number of carboxylic acid groups (broad SMARTS) is 1. The fourth-order valence-electron chi connectivity index (χ4n) is 1.02. The molecule has 0 heterocycles. The Morgan fingerprint density at radius 1 is 1.38 bits per heavy atom. The zero-order valence-corrected chi connectivity index (χ0v) is 8.69. The molecule has 0 unspecified atom stereocenters. The van der Waals surface area contributed by atoms with E-state index in [-0.39, 0.29) is 0 Å². The molecule has 0 spiro atoms. The molecule has 3 N–H and O–H groups in total. The van der Waals surface area contributed by atoms with Gasteiger partial charge >= 0.3 is 12.0 Å². The fourth-order valence-corrected chi connectivity index (χ4v) is 1.02. The maximum absolute atomic E-state index is 11.1. The molecule has 0 aromatic heterocycles. The molecule has 6 nitrogen and oxygen atoms in total. The number of para-hydroxylation sites is 2. The number of carbonyl (C=O) groups excluding carboxylic acids is 1. The number of carbonyl (C=O) groups is 2. The van der Waals surface area contributed by atoms with Gasteiger partial charge in [0.2, 0.25) is 0 Å². The quantitative estimate of drug-likeness (QED) is 0.709. The minimum Gasteiger partial charge on any atom is -0.480 e. The van der Waals surface area contributed by atoms with Gasteiger partial charge in [-0.25, -0.2) is 9.59 Å². The topological polar surface area (TPSA) is 87.7 Å². The van der Waals surface area contributed by atoms with Crippen LogP contribution in [0.5, 0.6) is 5.75 Å². The lowest BCUT2D eigenvalue weighted by molar-refractivity contribution is -0.139. The third-order valence-corrected chi connectivity index (χ3v) is 1.71. The van der Waals surface area contributed by atoms with Gasteiger partial charge in [0.1, 0.15) is 5.75 Å². The van der Waals surface area contributed by atoms with Crippen LogP contribution < -0.4 is 15.4 Å². The molecule has 0 aliphatic heterocycles. The van der Waals surface area contributed by atoms with Gasteiger partial charge in [0.05, 0.1) is 5.69 Å². The Bertz CT molecular complexity index is 392. The SMILES string of the molecule is CNC(=O)Nc1ccccc1OCC(=O)O. The molecule has 0 aliphatic rings. The molecule has 0 aliphatic carbocycles. The van der Waals surface area contributed by atoms with Gasteiger partial charge in [0.25, 0.3) is 0 Å². The van der Waals surface area contributed by atoms with Crippen LogP contribution in [0.4, 0.5) is 10.5 Å². The third kappa shape index (κ3) is 3.49. The summed E-state index contributed by atoms with van der Waals surface area (Å²) in [6.07, 6.45) is 0. The number of nitrogens with one attached hydrogen (secondary N) is 2. The first kappa shape index (κ1) is 11.8. The van der Waals surface area contributed by atoms with Crippen molar-refractivity contribution in [2.75, 3.05) is 19.0 Å². The molecule has 0 atom stereocenters. The summed E-state index contributed by atoms with van der Waals surface area (Å²) in [5, 5.41) is 13.4. The second kappa shape index (κ2) is 5.59. The van der Waals surface area contributed by atoms with Crippen molar-refractivity contribution in [1.82, 2.24) is 5.32 Å². The Balaban J connectivity index is 2.74. The second-order valence-electron chi connectivity index (χ2n) is 2.88. The Hall–Kier alpha value is -2.24. The largest absolute Gasteiger partial charge is 0.480 e. The maximum atomic E-state index is 11.1. The highest BCUT2D eigenvalue weighted by Crippen LogP contribution is 2.23. The van der Waals surface area contributed by atoms with E-state index in [2.05, 4.69) is 10.6 Å². The molecular weight excluding hydrogens is 212 g/mol. The minimum absolute atomic E-state index is 0.313. The maximum Gasteiger partial charge on any atom is 0.341 e. The molecular formula is C10H12N2O4. The van der Waals surface area contributed by atoms with E-state index < -0.39 is 18.6 Å². The van der Waals surface area contributed by atoms with Crippen LogP contribution in [-0.4, -0.2) is 30.8 Å². The number of rotatable bonds is 4. The highest BCUT2D eigenvalue weighted by Gasteiger charge is 2.07. The average molecular weight is 224 g/mol. The monoisotopic (exact) mass is 224 g/mol. The first-order valence-corrected chi connectivity index (χ1v) is 4.56. The van der Waals surface area contributed by atoms with Gasteiger partial charge < -0.3 is 20.5 Å². The first-order valence-electron chi connectivity index (χ1n) is 4.56. The van der Waals surface area contributed by atoms with E-state index in [0.717, 1.165) is 0 Å². The van der Waals surface area contributed by atoms with Crippen LogP contribution in [0.25, 0.3) is 0 Å². The number of hydrogen-bond acceptors (Lipinski definition) is 3. The lowest BCUT2D eigenvalue weighted by Crippen LogP contribution is -2.24. The summed E-state index contributed by atoms with van der Waals surface area (Å²) in [5.41, 5.74) is 0.420. The van der Waals surface area contributed by atoms with Crippen molar-refractivity contribution < 1.29 is 19.4 Å². The number of benzene rings is 1. The summed E-state index contributed by atoms with van der Waals surface area (Å²) >= 11 is 0. The molecule has 16 heavy (non-hydrogen) atoms. The van der Waals surface area contributed by atoms with Crippen molar-refractivity contribution in [3.63, 3.8) is 0 Å². The predicted molar refractivity (Wildman–Crippen MR) is 57.7 cm³/mol. The molecule has 86 valence electrons. The van der Waals surface area contributed by atoms with Crippen LogP contribution in [0.2, 0.25) is 0 Å². The molecule has 0 bridgehead atoms. The van der Waals surface area contributed by atoms with Gasteiger partial charge in [0, 0.05) is 7.05 Å². The lowest BCUT2D eigenvalue weighted by atomic mass is 10.3.